The lowest BCUT2D eigenvalue weighted by molar-refractivity contribution is -0.112. The van der Waals surface area contributed by atoms with Gasteiger partial charge in [0.1, 0.15) is 0 Å². The van der Waals surface area contributed by atoms with Crippen LogP contribution in [0.5, 0.6) is 0 Å². The molecular formula is C12H26N2. The second-order valence-electron chi connectivity index (χ2n) is 4.51. The molecule has 2 fully saturated rings. The first-order chi connectivity index (χ1) is 6.78. The van der Waals surface area contributed by atoms with Gasteiger partial charge in [0.15, 0.2) is 0 Å². The average Bonchev–Trinajstić information content (AvgIpc) is 2.10. The van der Waals surface area contributed by atoms with Gasteiger partial charge in [-0.1, -0.05) is 27.7 Å². The molecule has 0 amide bonds. The number of hydrogen-bond acceptors (Lipinski definition) is 2. The molecule has 0 bridgehead atoms. The Kier molecular flexibility index (Phi) is 4.39. The minimum atomic E-state index is 0.741. The molecule has 2 aliphatic rings. The summed E-state index contributed by atoms with van der Waals surface area (Å²) in [7, 11) is 0. The first-order valence-corrected chi connectivity index (χ1v) is 6.23. The average molecular weight is 198 g/mol. The Morgan fingerprint density at radius 2 is 1.43 bits per heavy atom. The van der Waals surface area contributed by atoms with E-state index in [4.69, 9.17) is 0 Å². The smallest absolute Gasteiger partial charge is 0.0212 e. The first kappa shape index (κ1) is 12.0. The maximum absolute atomic E-state index is 2.59. The lowest BCUT2D eigenvalue weighted by atomic mass is 9.73. The molecule has 0 atom stereocenters. The SMILES string of the molecule is CC.CCCN1CC2(CN(CC)C2)C1. The van der Waals surface area contributed by atoms with Crippen molar-refractivity contribution in [1.29, 1.82) is 0 Å². The molecule has 0 aromatic heterocycles. The molecule has 0 aromatic rings. The molecule has 14 heavy (non-hydrogen) atoms. The molecule has 2 heterocycles. The number of hydrogen-bond donors (Lipinski definition) is 0. The van der Waals surface area contributed by atoms with Gasteiger partial charge in [-0.2, -0.15) is 0 Å². The van der Waals surface area contributed by atoms with Gasteiger partial charge in [0.05, 0.1) is 0 Å². The maximum atomic E-state index is 2.59. The first-order valence-electron chi connectivity index (χ1n) is 6.23. The summed E-state index contributed by atoms with van der Waals surface area (Å²) < 4.78 is 0. The van der Waals surface area contributed by atoms with Crippen LogP contribution >= 0.6 is 0 Å². The van der Waals surface area contributed by atoms with E-state index in [1.807, 2.05) is 13.8 Å². The van der Waals surface area contributed by atoms with E-state index in [-0.39, 0.29) is 0 Å². The highest BCUT2D eigenvalue weighted by Crippen LogP contribution is 2.38. The highest BCUT2D eigenvalue weighted by Gasteiger charge is 2.50. The Labute approximate surface area is 89.3 Å². The third-order valence-corrected chi connectivity index (χ3v) is 3.22. The van der Waals surface area contributed by atoms with Crippen LogP contribution in [0.4, 0.5) is 0 Å². The monoisotopic (exact) mass is 198 g/mol. The summed E-state index contributed by atoms with van der Waals surface area (Å²) in [5, 5.41) is 0. The molecule has 2 aliphatic heterocycles. The van der Waals surface area contributed by atoms with Crippen molar-refractivity contribution in [3.63, 3.8) is 0 Å². The summed E-state index contributed by atoms with van der Waals surface area (Å²) in [6.45, 7) is 16.6. The van der Waals surface area contributed by atoms with Gasteiger partial charge in [-0.25, -0.2) is 0 Å². The number of nitrogens with zero attached hydrogens (tertiary/aromatic N) is 2. The molecule has 0 radical (unpaired) electrons. The van der Waals surface area contributed by atoms with Crippen LogP contribution in [0.3, 0.4) is 0 Å². The number of likely N-dealkylation sites (tertiary alicyclic amines) is 2. The zero-order valence-corrected chi connectivity index (χ0v) is 10.3. The van der Waals surface area contributed by atoms with Crippen molar-refractivity contribution >= 4 is 0 Å². The molecule has 0 unspecified atom stereocenters. The van der Waals surface area contributed by atoms with Crippen LogP contribution < -0.4 is 0 Å². The molecule has 0 aliphatic carbocycles. The quantitative estimate of drug-likeness (QED) is 0.685. The molecule has 0 saturated carbocycles. The molecule has 2 rings (SSSR count). The molecule has 2 saturated heterocycles. The van der Waals surface area contributed by atoms with Crippen molar-refractivity contribution in [2.24, 2.45) is 5.41 Å². The van der Waals surface area contributed by atoms with E-state index in [1.54, 1.807) is 0 Å². The normalized spacial score (nSPS) is 24.9. The van der Waals surface area contributed by atoms with E-state index < -0.39 is 0 Å². The van der Waals surface area contributed by atoms with Gasteiger partial charge in [0.2, 0.25) is 0 Å². The Morgan fingerprint density at radius 1 is 0.929 bits per heavy atom. The molecule has 2 nitrogen and oxygen atoms in total. The fourth-order valence-corrected chi connectivity index (χ4v) is 2.70. The zero-order chi connectivity index (χ0) is 10.6. The second kappa shape index (κ2) is 5.13. The fourth-order valence-electron chi connectivity index (χ4n) is 2.70. The van der Waals surface area contributed by atoms with Crippen LogP contribution in [0.15, 0.2) is 0 Å². The Bertz CT molecular complexity index is 154. The van der Waals surface area contributed by atoms with E-state index in [0.717, 1.165) is 5.41 Å². The summed E-state index contributed by atoms with van der Waals surface area (Å²) in [4.78, 5) is 5.14. The summed E-state index contributed by atoms with van der Waals surface area (Å²) in [5.41, 5.74) is 0.741. The van der Waals surface area contributed by atoms with Crippen molar-refractivity contribution < 1.29 is 0 Å². The predicted octanol–water partition coefficient (Wildman–Crippen LogP) is 2.06. The topological polar surface area (TPSA) is 6.48 Å². The Hall–Kier alpha value is -0.0800. The summed E-state index contributed by atoms with van der Waals surface area (Å²) in [6.07, 6.45) is 1.31. The lowest BCUT2D eigenvalue weighted by Crippen LogP contribution is -2.71. The van der Waals surface area contributed by atoms with Crippen molar-refractivity contribution in [3.05, 3.63) is 0 Å². The van der Waals surface area contributed by atoms with Crippen LogP contribution in [0.25, 0.3) is 0 Å². The van der Waals surface area contributed by atoms with Gasteiger partial charge in [-0.3, -0.25) is 0 Å². The third-order valence-electron chi connectivity index (χ3n) is 3.22. The summed E-state index contributed by atoms with van der Waals surface area (Å²) in [6, 6.07) is 0. The highest BCUT2D eigenvalue weighted by molar-refractivity contribution is 5.04. The Morgan fingerprint density at radius 3 is 1.86 bits per heavy atom. The largest absolute Gasteiger partial charge is 0.302 e. The summed E-state index contributed by atoms with van der Waals surface area (Å²) >= 11 is 0. The lowest BCUT2D eigenvalue weighted by Gasteiger charge is -2.60. The highest BCUT2D eigenvalue weighted by atomic mass is 15.3. The van der Waals surface area contributed by atoms with Crippen molar-refractivity contribution in [3.8, 4) is 0 Å². The van der Waals surface area contributed by atoms with Crippen molar-refractivity contribution in [2.45, 2.75) is 34.1 Å². The van der Waals surface area contributed by atoms with Crippen LogP contribution in [0.2, 0.25) is 0 Å². The van der Waals surface area contributed by atoms with Crippen LogP contribution in [-0.4, -0.2) is 49.1 Å². The van der Waals surface area contributed by atoms with E-state index in [0.29, 0.717) is 0 Å². The van der Waals surface area contributed by atoms with E-state index >= 15 is 0 Å². The van der Waals surface area contributed by atoms with Gasteiger partial charge < -0.3 is 9.80 Å². The summed E-state index contributed by atoms with van der Waals surface area (Å²) in [5.74, 6) is 0. The maximum Gasteiger partial charge on any atom is 0.0212 e. The molecular weight excluding hydrogens is 172 g/mol. The standard InChI is InChI=1S/C10H20N2.C2H6/c1-3-5-12-8-10(9-12)6-11(4-2)7-10;1-2/h3-9H2,1-2H3;1-2H3. The fraction of sp³-hybridized carbons (Fsp3) is 1.00. The van der Waals surface area contributed by atoms with Crippen LogP contribution in [-0.2, 0) is 0 Å². The van der Waals surface area contributed by atoms with Gasteiger partial charge >= 0.3 is 0 Å². The van der Waals surface area contributed by atoms with Gasteiger partial charge in [0, 0.05) is 31.6 Å². The van der Waals surface area contributed by atoms with E-state index in [9.17, 15) is 0 Å². The molecule has 1 spiro atoms. The minimum absolute atomic E-state index is 0.741. The van der Waals surface area contributed by atoms with Gasteiger partial charge in [0.25, 0.3) is 0 Å². The molecule has 84 valence electrons. The predicted molar refractivity (Wildman–Crippen MR) is 62.6 cm³/mol. The van der Waals surface area contributed by atoms with Crippen LogP contribution in [0.1, 0.15) is 34.1 Å². The van der Waals surface area contributed by atoms with Crippen molar-refractivity contribution in [2.75, 3.05) is 39.3 Å². The minimum Gasteiger partial charge on any atom is -0.302 e. The number of rotatable bonds is 3. The Balaban J connectivity index is 0.000000461. The van der Waals surface area contributed by atoms with Crippen LogP contribution in [0, 0.1) is 5.41 Å². The molecule has 0 N–H and O–H groups in total. The van der Waals surface area contributed by atoms with Gasteiger partial charge in [-0.05, 0) is 19.5 Å². The second-order valence-corrected chi connectivity index (χ2v) is 4.51. The molecule has 2 heteroatoms. The third kappa shape index (κ3) is 2.29. The zero-order valence-electron chi connectivity index (χ0n) is 10.3. The van der Waals surface area contributed by atoms with E-state index in [1.165, 1.54) is 45.7 Å². The van der Waals surface area contributed by atoms with Crippen molar-refractivity contribution in [1.82, 2.24) is 9.80 Å². The van der Waals surface area contributed by atoms with E-state index in [2.05, 4.69) is 23.6 Å². The molecule has 0 aromatic carbocycles. The van der Waals surface area contributed by atoms with Gasteiger partial charge in [-0.15, -0.1) is 0 Å².